The van der Waals surface area contributed by atoms with Crippen molar-refractivity contribution in [2.24, 2.45) is 0 Å². The van der Waals surface area contributed by atoms with Crippen molar-refractivity contribution in [1.29, 1.82) is 0 Å². The molecule has 0 saturated carbocycles. The number of rotatable bonds is 7. The fourth-order valence-corrected chi connectivity index (χ4v) is 1.86. The predicted octanol–water partition coefficient (Wildman–Crippen LogP) is 3.97. The second-order valence-electron chi connectivity index (χ2n) is 4.00. The van der Waals surface area contributed by atoms with Crippen LogP contribution in [-0.4, -0.2) is 6.54 Å². The van der Waals surface area contributed by atoms with Crippen molar-refractivity contribution in [2.45, 2.75) is 32.2 Å². The molecule has 1 nitrogen and oxygen atoms in total. The first kappa shape index (κ1) is 13.8. The van der Waals surface area contributed by atoms with Gasteiger partial charge in [-0.2, -0.15) is 0 Å². The molecule has 1 unspecified atom stereocenters. The van der Waals surface area contributed by atoms with Crippen molar-refractivity contribution in [3.05, 3.63) is 48.1 Å². The highest BCUT2D eigenvalue weighted by molar-refractivity contribution is 5.22. The molecule has 1 N–H and O–H groups in total. The smallest absolute Gasteiger partial charge is 0.130 e. The Morgan fingerprint density at radius 2 is 2.18 bits per heavy atom. The fraction of sp³-hybridized carbons (Fsp3) is 0.429. The summed E-state index contributed by atoms with van der Waals surface area (Å²) in [6, 6.07) is 3.70. The topological polar surface area (TPSA) is 12.0 Å². The molecule has 17 heavy (non-hydrogen) atoms. The molecule has 1 aromatic rings. The highest BCUT2D eigenvalue weighted by Gasteiger charge is 2.14. The monoisotopic (exact) mass is 239 g/mol. The molecule has 0 spiro atoms. The maximum atomic E-state index is 13.6. The van der Waals surface area contributed by atoms with Crippen LogP contribution in [0.2, 0.25) is 0 Å². The lowest BCUT2D eigenvalue weighted by Crippen LogP contribution is -2.22. The van der Waals surface area contributed by atoms with Crippen LogP contribution in [0.3, 0.4) is 0 Å². The minimum atomic E-state index is -0.535. The lowest BCUT2D eigenvalue weighted by atomic mass is 10.00. The molecule has 1 aromatic carbocycles. The number of hydrogen-bond acceptors (Lipinski definition) is 1. The third-order valence-electron chi connectivity index (χ3n) is 2.69. The molecule has 0 radical (unpaired) electrons. The van der Waals surface area contributed by atoms with Gasteiger partial charge in [-0.3, -0.25) is 0 Å². The van der Waals surface area contributed by atoms with Gasteiger partial charge in [0.25, 0.3) is 0 Å². The molecular formula is C14H19F2N. The summed E-state index contributed by atoms with van der Waals surface area (Å²) in [5.41, 5.74) is 0.539. The molecule has 0 heterocycles. The summed E-state index contributed by atoms with van der Waals surface area (Å²) in [7, 11) is 0. The summed E-state index contributed by atoms with van der Waals surface area (Å²) in [5, 5.41) is 3.22. The van der Waals surface area contributed by atoms with E-state index < -0.39 is 11.6 Å². The first-order valence-electron chi connectivity index (χ1n) is 5.98. The van der Waals surface area contributed by atoms with Crippen molar-refractivity contribution in [3.8, 4) is 0 Å². The minimum absolute atomic E-state index is 0.0550. The van der Waals surface area contributed by atoms with Crippen molar-refractivity contribution in [3.63, 3.8) is 0 Å². The van der Waals surface area contributed by atoms with Crippen LogP contribution in [0.15, 0.2) is 30.9 Å². The van der Waals surface area contributed by atoms with E-state index >= 15 is 0 Å². The summed E-state index contributed by atoms with van der Waals surface area (Å²) < 4.78 is 26.5. The number of benzene rings is 1. The number of halogens is 2. The Balaban J connectivity index is 2.77. The summed E-state index contributed by atoms with van der Waals surface area (Å²) in [4.78, 5) is 0. The van der Waals surface area contributed by atoms with Crippen LogP contribution in [-0.2, 0) is 0 Å². The van der Waals surface area contributed by atoms with Crippen molar-refractivity contribution in [2.75, 3.05) is 6.54 Å². The maximum absolute atomic E-state index is 13.6. The van der Waals surface area contributed by atoms with Crippen LogP contribution in [0.5, 0.6) is 0 Å². The molecule has 0 amide bonds. The van der Waals surface area contributed by atoms with Gasteiger partial charge in [0.15, 0.2) is 0 Å². The van der Waals surface area contributed by atoms with Gasteiger partial charge in [0.05, 0.1) is 0 Å². The molecule has 0 aromatic heterocycles. The zero-order valence-electron chi connectivity index (χ0n) is 10.2. The Labute approximate surface area is 102 Å². The molecule has 3 heteroatoms. The average Bonchev–Trinajstić information content (AvgIpc) is 2.28. The molecule has 1 rings (SSSR count). The molecule has 0 saturated heterocycles. The highest BCUT2D eigenvalue weighted by Crippen LogP contribution is 2.22. The second-order valence-corrected chi connectivity index (χ2v) is 4.00. The van der Waals surface area contributed by atoms with Gasteiger partial charge in [-0.15, -0.1) is 6.58 Å². The summed E-state index contributed by atoms with van der Waals surface area (Å²) in [5.74, 6) is -1.01. The summed E-state index contributed by atoms with van der Waals surface area (Å²) in [6.45, 7) is 6.39. The van der Waals surface area contributed by atoms with Gasteiger partial charge in [-0.1, -0.05) is 19.1 Å². The quantitative estimate of drug-likeness (QED) is 0.560. The van der Waals surface area contributed by atoms with Crippen LogP contribution in [0.4, 0.5) is 8.78 Å². The first-order chi connectivity index (χ1) is 8.19. The summed E-state index contributed by atoms with van der Waals surface area (Å²) in [6.07, 6.45) is 4.52. The fourth-order valence-electron chi connectivity index (χ4n) is 1.86. The minimum Gasteiger partial charge on any atom is -0.310 e. The van der Waals surface area contributed by atoms with Gasteiger partial charge in [0, 0.05) is 17.7 Å². The first-order valence-corrected chi connectivity index (χ1v) is 5.98. The SMILES string of the molecule is C=CCCCC(NCC)c1ccc(F)cc1F. The number of unbranched alkanes of at least 4 members (excludes halogenated alkanes) is 1. The van der Waals surface area contributed by atoms with E-state index in [0.29, 0.717) is 5.56 Å². The van der Waals surface area contributed by atoms with Crippen molar-refractivity contribution >= 4 is 0 Å². The second kappa shape index (κ2) is 7.17. The Morgan fingerprint density at radius 3 is 2.76 bits per heavy atom. The average molecular weight is 239 g/mol. The standard InChI is InChI=1S/C14H19F2N/c1-3-5-6-7-14(17-4-2)12-9-8-11(15)10-13(12)16/h3,8-10,14,17H,1,4-7H2,2H3. The zero-order chi connectivity index (χ0) is 12.7. The van der Waals surface area contributed by atoms with Gasteiger partial charge >= 0.3 is 0 Å². The van der Waals surface area contributed by atoms with E-state index in [4.69, 9.17) is 0 Å². The Kier molecular flexibility index (Phi) is 5.84. The van der Waals surface area contributed by atoms with Gasteiger partial charge in [-0.05, 0) is 31.9 Å². The molecular weight excluding hydrogens is 220 g/mol. The van der Waals surface area contributed by atoms with E-state index in [1.54, 1.807) is 0 Å². The molecule has 0 fully saturated rings. The van der Waals surface area contributed by atoms with Crippen molar-refractivity contribution < 1.29 is 8.78 Å². The Morgan fingerprint density at radius 1 is 1.41 bits per heavy atom. The van der Waals surface area contributed by atoms with Crippen LogP contribution in [0.1, 0.15) is 37.8 Å². The summed E-state index contributed by atoms with van der Waals surface area (Å²) >= 11 is 0. The lowest BCUT2D eigenvalue weighted by molar-refractivity contribution is 0.470. The third kappa shape index (κ3) is 4.27. The van der Waals surface area contributed by atoms with Gasteiger partial charge < -0.3 is 5.32 Å². The molecule has 0 bridgehead atoms. The van der Waals surface area contributed by atoms with E-state index in [-0.39, 0.29) is 6.04 Å². The number of hydrogen-bond donors (Lipinski definition) is 1. The zero-order valence-corrected chi connectivity index (χ0v) is 10.2. The lowest BCUT2D eigenvalue weighted by Gasteiger charge is -2.18. The molecule has 0 aliphatic heterocycles. The number of allylic oxidation sites excluding steroid dienone is 1. The van der Waals surface area contributed by atoms with Crippen molar-refractivity contribution in [1.82, 2.24) is 5.32 Å². The van der Waals surface area contributed by atoms with Crippen LogP contribution in [0.25, 0.3) is 0 Å². The largest absolute Gasteiger partial charge is 0.310 e. The van der Waals surface area contributed by atoms with E-state index in [1.165, 1.54) is 12.1 Å². The highest BCUT2D eigenvalue weighted by atomic mass is 19.1. The molecule has 94 valence electrons. The van der Waals surface area contributed by atoms with Gasteiger partial charge in [0.2, 0.25) is 0 Å². The van der Waals surface area contributed by atoms with Crippen LogP contribution >= 0.6 is 0 Å². The van der Waals surface area contributed by atoms with E-state index in [2.05, 4.69) is 11.9 Å². The van der Waals surface area contributed by atoms with E-state index in [0.717, 1.165) is 31.9 Å². The van der Waals surface area contributed by atoms with E-state index in [9.17, 15) is 8.78 Å². The number of nitrogens with one attached hydrogen (secondary N) is 1. The maximum Gasteiger partial charge on any atom is 0.130 e. The van der Waals surface area contributed by atoms with Gasteiger partial charge in [0.1, 0.15) is 11.6 Å². The molecule has 1 atom stereocenters. The van der Waals surface area contributed by atoms with Gasteiger partial charge in [-0.25, -0.2) is 8.78 Å². The molecule has 0 aliphatic rings. The normalized spacial score (nSPS) is 12.4. The van der Waals surface area contributed by atoms with Crippen LogP contribution < -0.4 is 5.32 Å². The molecule has 0 aliphatic carbocycles. The predicted molar refractivity (Wildman–Crippen MR) is 66.8 cm³/mol. The van der Waals surface area contributed by atoms with Crippen LogP contribution in [0, 0.1) is 11.6 Å². The Bertz CT molecular complexity index is 363. The van der Waals surface area contributed by atoms with E-state index in [1.807, 2.05) is 13.0 Å². The third-order valence-corrected chi connectivity index (χ3v) is 2.69. The Hall–Kier alpha value is -1.22.